The minimum Gasteiger partial charge on any atom is -0.325 e. The van der Waals surface area contributed by atoms with E-state index in [-0.39, 0.29) is 36.7 Å². The van der Waals surface area contributed by atoms with Gasteiger partial charge < -0.3 is 5.32 Å². The summed E-state index contributed by atoms with van der Waals surface area (Å²) in [5, 5.41) is 5.93. The Morgan fingerprint density at radius 2 is 1.85 bits per heavy atom. The average Bonchev–Trinajstić information content (AvgIpc) is 2.58. The molecule has 0 aliphatic carbocycles. The van der Waals surface area contributed by atoms with E-state index in [9.17, 15) is 9.18 Å². The van der Waals surface area contributed by atoms with E-state index in [1.54, 1.807) is 6.07 Å². The van der Waals surface area contributed by atoms with Crippen LogP contribution in [0.2, 0.25) is 0 Å². The Hall–Kier alpha value is -1.91. The van der Waals surface area contributed by atoms with Gasteiger partial charge in [0.05, 0.1) is 12.6 Å². The lowest BCUT2D eigenvalue weighted by Gasteiger charge is -2.18. The SMILES string of the molecule is Cl.O=C1CNC(c2ccccc2)c2cc(F)ccc2N1. The third-order valence-electron chi connectivity index (χ3n) is 3.20. The molecule has 0 spiro atoms. The third kappa shape index (κ3) is 2.81. The molecule has 0 radical (unpaired) electrons. The van der Waals surface area contributed by atoms with E-state index < -0.39 is 0 Å². The second-order valence-corrected chi connectivity index (χ2v) is 4.50. The molecule has 1 aliphatic rings. The molecule has 1 unspecified atom stereocenters. The molecule has 20 heavy (non-hydrogen) atoms. The molecule has 0 saturated carbocycles. The predicted octanol–water partition coefficient (Wildman–Crippen LogP) is 2.88. The predicted molar refractivity (Wildman–Crippen MR) is 78.6 cm³/mol. The molecule has 2 N–H and O–H groups in total. The Kier molecular flexibility index (Phi) is 4.37. The first-order valence-corrected chi connectivity index (χ1v) is 6.11. The average molecular weight is 293 g/mol. The molecule has 1 atom stereocenters. The van der Waals surface area contributed by atoms with E-state index in [0.29, 0.717) is 5.69 Å². The molecule has 3 nitrogen and oxygen atoms in total. The summed E-state index contributed by atoms with van der Waals surface area (Å²) in [5.41, 5.74) is 2.41. The van der Waals surface area contributed by atoms with Crippen molar-refractivity contribution in [2.75, 3.05) is 11.9 Å². The van der Waals surface area contributed by atoms with Gasteiger partial charge in [-0.3, -0.25) is 10.1 Å². The van der Waals surface area contributed by atoms with E-state index in [4.69, 9.17) is 0 Å². The summed E-state index contributed by atoms with van der Waals surface area (Å²) in [6, 6.07) is 13.9. The number of carbonyl (C=O) groups excluding carboxylic acids is 1. The zero-order chi connectivity index (χ0) is 13.2. The van der Waals surface area contributed by atoms with Crippen LogP contribution in [0, 0.1) is 5.82 Å². The Labute approximate surface area is 122 Å². The maximum Gasteiger partial charge on any atom is 0.238 e. The standard InChI is InChI=1S/C15H13FN2O.ClH/c16-11-6-7-13-12(8-11)15(17-9-14(19)18-13)10-4-2-1-3-5-10;/h1-8,15,17H,9H2,(H,18,19);1H. The molecule has 0 saturated heterocycles. The van der Waals surface area contributed by atoms with Crippen molar-refractivity contribution in [1.82, 2.24) is 5.32 Å². The summed E-state index contributed by atoms with van der Waals surface area (Å²) in [6.45, 7) is 0.204. The molecular weight excluding hydrogens is 279 g/mol. The Morgan fingerprint density at radius 1 is 1.10 bits per heavy atom. The number of hydrogen-bond donors (Lipinski definition) is 2. The molecule has 2 aromatic carbocycles. The van der Waals surface area contributed by atoms with Gasteiger partial charge in [0.25, 0.3) is 0 Å². The number of carbonyl (C=O) groups is 1. The number of anilines is 1. The molecule has 5 heteroatoms. The van der Waals surface area contributed by atoms with Crippen LogP contribution < -0.4 is 10.6 Å². The van der Waals surface area contributed by atoms with Gasteiger partial charge in [0.15, 0.2) is 0 Å². The fourth-order valence-corrected chi connectivity index (χ4v) is 2.33. The summed E-state index contributed by atoms with van der Waals surface area (Å²) < 4.78 is 13.5. The molecule has 104 valence electrons. The van der Waals surface area contributed by atoms with E-state index in [1.165, 1.54) is 12.1 Å². The van der Waals surface area contributed by atoms with E-state index in [2.05, 4.69) is 10.6 Å². The number of amides is 1. The van der Waals surface area contributed by atoms with Gasteiger partial charge in [0.2, 0.25) is 5.91 Å². The number of hydrogen-bond acceptors (Lipinski definition) is 2. The minimum atomic E-state index is -0.308. The van der Waals surface area contributed by atoms with Crippen LogP contribution in [-0.4, -0.2) is 12.5 Å². The first-order chi connectivity index (χ1) is 9.24. The van der Waals surface area contributed by atoms with Gasteiger partial charge in [0, 0.05) is 5.69 Å². The minimum absolute atomic E-state index is 0. The molecule has 1 heterocycles. The quantitative estimate of drug-likeness (QED) is 0.848. The zero-order valence-corrected chi connectivity index (χ0v) is 11.4. The summed E-state index contributed by atoms with van der Waals surface area (Å²) in [6.07, 6.45) is 0. The maximum absolute atomic E-state index is 13.5. The first kappa shape index (κ1) is 14.5. The van der Waals surface area contributed by atoms with Crippen molar-refractivity contribution in [2.24, 2.45) is 0 Å². The van der Waals surface area contributed by atoms with Crippen LogP contribution in [0.25, 0.3) is 0 Å². The number of benzene rings is 2. The highest BCUT2D eigenvalue weighted by molar-refractivity contribution is 5.94. The van der Waals surface area contributed by atoms with Crippen LogP contribution in [0.15, 0.2) is 48.5 Å². The van der Waals surface area contributed by atoms with Crippen molar-refractivity contribution in [3.8, 4) is 0 Å². The lowest BCUT2D eigenvalue weighted by molar-refractivity contribution is -0.115. The fourth-order valence-electron chi connectivity index (χ4n) is 2.33. The lowest BCUT2D eigenvalue weighted by Crippen LogP contribution is -2.27. The van der Waals surface area contributed by atoms with Gasteiger partial charge in [-0.15, -0.1) is 12.4 Å². The van der Waals surface area contributed by atoms with Crippen LogP contribution >= 0.6 is 12.4 Å². The molecule has 0 fully saturated rings. The zero-order valence-electron chi connectivity index (χ0n) is 10.6. The molecule has 0 aromatic heterocycles. The second kappa shape index (κ2) is 6.03. The van der Waals surface area contributed by atoms with Gasteiger partial charge in [0.1, 0.15) is 5.82 Å². The fraction of sp³-hybridized carbons (Fsp3) is 0.133. The van der Waals surface area contributed by atoms with E-state index in [0.717, 1.165) is 11.1 Å². The van der Waals surface area contributed by atoms with Gasteiger partial charge in [-0.25, -0.2) is 4.39 Å². The summed E-state index contributed by atoms with van der Waals surface area (Å²) in [7, 11) is 0. The highest BCUT2D eigenvalue weighted by Crippen LogP contribution is 2.30. The Morgan fingerprint density at radius 3 is 2.60 bits per heavy atom. The van der Waals surface area contributed by atoms with Crippen molar-refractivity contribution in [2.45, 2.75) is 6.04 Å². The molecule has 2 aromatic rings. The second-order valence-electron chi connectivity index (χ2n) is 4.50. The van der Waals surface area contributed by atoms with Crippen molar-refractivity contribution in [3.05, 3.63) is 65.5 Å². The van der Waals surface area contributed by atoms with Crippen molar-refractivity contribution in [1.29, 1.82) is 0 Å². The van der Waals surface area contributed by atoms with Crippen LogP contribution in [0.5, 0.6) is 0 Å². The first-order valence-electron chi connectivity index (χ1n) is 6.11. The van der Waals surface area contributed by atoms with Crippen LogP contribution in [0.4, 0.5) is 10.1 Å². The third-order valence-corrected chi connectivity index (χ3v) is 3.20. The molecule has 1 aliphatic heterocycles. The van der Waals surface area contributed by atoms with Crippen molar-refractivity contribution >= 4 is 24.0 Å². The smallest absolute Gasteiger partial charge is 0.238 e. The van der Waals surface area contributed by atoms with Crippen LogP contribution in [-0.2, 0) is 4.79 Å². The van der Waals surface area contributed by atoms with Gasteiger partial charge in [-0.2, -0.15) is 0 Å². The summed E-state index contributed by atoms with van der Waals surface area (Å²) in [4.78, 5) is 11.6. The van der Waals surface area contributed by atoms with Gasteiger partial charge >= 0.3 is 0 Å². The van der Waals surface area contributed by atoms with Gasteiger partial charge in [-0.05, 0) is 29.3 Å². The normalized spacial score (nSPS) is 17.4. The van der Waals surface area contributed by atoms with Crippen molar-refractivity contribution in [3.63, 3.8) is 0 Å². The monoisotopic (exact) mass is 292 g/mol. The maximum atomic E-state index is 13.5. The summed E-state index contributed by atoms with van der Waals surface area (Å²) in [5.74, 6) is -0.427. The van der Waals surface area contributed by atoms with Gasteiger partial charge in [-0.1, -0.05) is 30.3 Å². The molecule has 0 bridgehead atoms. The Bertz CT molecular complexity index is 619. The topological polar surface area (TPSA) is 41.1 Å². The number of halogens is 2. The van der Waals surface area contributed by atoms with Crippen molar-refractivity contribution < 1.29 is 9.18 Å². The lowest BCUT2D eigenvalue weighted by atomic mass is 9.97. The highest BCUT2D eigenvalue weighted by Gasteiger charge is 2.23. The number of fused-ring (bicyclic) bond motifs is 1. The number of rotatable bonds is 1. The molecule has 3 rings (SSSR count). The number of nitrogens with one attached hydrogen (secondary N) is 2. The highest BCUT2D eigenvalue weighted by atomic mass is 35.5. The summed E-state index contributed by atoms with van der Waals surface area (Å²) >= 11 is 0. The largest absolute Gasteiger partial charge is 0.325 e. The van der Waals surface area contributed by atoms with E-state index >= 15 is 0 Å². The van der Waals surface area contributed by atoms with E-state index in [1.807, 2.05) is 30.3 Å². The van der Waals surface area contributed by atoms with Crippen LogP contribution in [0.1, 0.15) is 17.2 Å². The van der Waals surface area contributed by atoms with Crippen LogP contribution in [0.3, 0.4) is 0 Å². The Balaban J connectivity index is 0.00000147. The molecular formula is C15H14ClFN2O. The molecule has 1 amide bonds.